The highest BCUT2D eigenvalue weighted by Gasteiger charge is 2.27. The minimum absolute atomic E-state index is 0.0146. The van der Waals surface area contributed by atoms with Crippen LogP contribution in [-0.2, 0) is 32.7 Å². The van der Waals surface area contributed by atoms with Gasteiger partial charge in [-0.2, -0.15) is 0 Å². The minimum atomic E-state index is -0.0146. The number of hydrogen-bond donors (Lipinski definition) is 0. The first-order chi connectivity index (χ1) is 26.6. The Labute approximate surface area is 344 Å². The molecule has 0 spiro atoms. The normalized spacial score (nSPS) is 8.78. The average Bonchev–Trinajstić information content (AvgIpc) is 3.30. The summed E-state index contributed by atoms with van der Waals surface area (Å²) in [7, 11) is 0.610. The zero-order chi connectivity index (χ0) is 41.4. The van der Waals surface area contributed by atoms with E-state index in [4.69, 9.17) is 0 Å². The molecule has 0 saturated heterocycles. The van der Waals surface area contributed by atoms with Gasteiger partial charge in [-0.3, -0.25) is 0 Å². The van der Waals surface area contributed by atoms with Gasteiger partial charge in [0.05, 0.1) is 21.8 Å². The van der Waals surface area contributed by atoms with Gasteiger partial charge in [-0.05, 0) is 72.8 Å². The van der Waals surface area contributed by atoms with Crippen molar-refractivity contribution in [2.24, 2.45) is 0 Å². The molecule has 0 aliphatic carbocycles. The Morgan fingerprint density at radius 3 is 0.556 bits per heavy atom. The maximum atomic E-state index is 2.27. The highest BCUT2D eigenvalue weighted by molar-refractivity contribution is 7.97. The third-order valence-electron chi connectivity index (χ3n) is 6.34. The maximum Gasteiger partial charge on any atom is 0.166 e. The van der Waals surface area contributed by atoms with Gasteiger partial charge >= 0.3 is 0 Å². The van der Waals surface area contributed by atoms with Crippen molar-refractivity contribution in [2.75, 3.05) is 18.8 Å². The summed E-state index contributed by atoms with van der Waals surface area (Å²) in [5.74, 6) is 0. The van der Waals surface area contributed by atoms with Gasteiger partial charge < -0.3 is 0 Å². The molecule has 0 unspecified atom stereocenters. The van der Waals surface area contributed by atoms with Crippen LogP contribution in [0, 0.1) is 0 Å². The summed E-state index contributed by atoms with van der Waals surface area (Å²) in [4.78, 5) is 8.33. The van der Waals surface area contributed by atoms with Gasteiger partial charge in [0, 0.05) is 10.9 Å². The van der Waals surface area contributed by atoms with Crippen molar-refractivity contribution in [3.8, 4) is 0 Å². The molecule has 294 valence electrons. The summed E-state index contributed by atoms with van der Waals surface area (Å²) in [5.41, 5.74) is 0. The van der Waals surface area contributed by atoms with E-state index in [0.717, 1.165) is 0 Å². The SMILES string of the molecule is CC.CC.CC.CC.CC.CC.C[S+](C)c1ccccc1.C[S+](c1ccccc1)c1ccccc1.c1ccc([S+](c2ccccc2)c2ccccc2)cc1. The van der Waals surface area contributed by atoms with Crippen LogP contribution < -0.4 is 0 Å². The summed E-state index contributed by atoms with van der Waals surface area (Å²) in [5, 5.41) is 0. The van der Waals surface area contributed by atoms with Crippen LogP contribution in [0.2, 0.25) is 0 Å². The molecule has 0 heterocycles. The topological polar surface area (TPSA) is 0 Å². The van der Waals surface area contributed by atoms with Crippen LogP contribution >= 0.6 is 0 Å². The van der Waals surface area contributed by atoms with Crippen LogP contribution in [-0.4, -0.2) is 18.8 Å². The Kier molecular flexibility index (Phi) is 41.1. The summed E-state index contributed by atoms with van der Waals surface area (Å²) in [6.07, 6.45) is 6.73. The van der Waals surface area contributed by atoms with Crippen molar-refractivity contribution >= 4 is 32.7 Å². The summed E-state index contributed by atoms with van der Waals surface area (Å²) in [6.45, 7) is 24.0. The van der Waals surface area contributed by atoms with E-state index >= 15 is 0 Å². The van der Waals surface area contributed by atoms with E-state index in [1.54, 1.807) is 0 Å². The zero-order valence-corrected chi connectivity index (χ0v) is 39.0. The van der Waals surface area contributed by atoms with Crippen molar-refractivity contribution < 1.29 is 0 Å². The van der Waals surface area contributed by atoms with Gasteiger partial charge in [0.1, 0.15) is 18.8 Å². The highest BCUT2D eigenvalue weighted by atomic mass is 32.2. The van der Waals surface area contributed by atoms with Crippen LogP contribution in [0.3, 0.4) is 0 Å². The molecule has 0 fully saturated rings. The standard InChI is InChI=1S/C18H15S.C13H13S.C8H11S.6C2H6/c1-4-10-16(11-5-1)19(17-12-6-2-7-13-17)18-14-8-3-9-15-18;1-14(12-8-4-2-5-9-12)13-10-6-3-7-11-13;1-9(2)8-6-4-3-5-7-8;6*1-2/h1-15H;2-11H,1H3;3-7H,1-2H3;6*1-2H3/q3*+1;;;;;;. The van der Waals surface area contributed by atoms with Crippen molar-refractivity contribution in [1.82, 2.24) is 0 Å². The third-order valence-corrected chi connectivity index (χ3v) is 11.7. The Hall–Kier alpha value is -3.63. The Morgan fingerprint density at radius 1 is 0.222 bits per heavy atom. The third kappa shape index (κ3) is 23.2. The van der Waals surface area contributed by atoms with Gasteiger partial charge in [0.2, 0.25) is 0 Å². The first-order valence-electron chi connectivity index (χ1n) is 19.9. The van der Waals surface area contributed by atoms with Crippen LogP contribution in [0.25, 0.3) is 0 Å². The van der Waals surface area contributed by atoms with Crippen molar-refractivity contribution in [3.05, 3.63) is 182 Å². The molecule has 54 heavy (non-hydrogen) atoms. The fourth-order valence-corrected chi connectivity index (χ4v) is 8.36. The molecule has 0 nitrogen and oxygen atoms in total. The Balaban J connectivity index is -0.000000658. The second-order valence-corrected chi connectivity index (χ2v) is 15.6. The molecule has 3 heteroatoms. The smallest absolute Gasteiger partial charge is 0.0683 e. The molecule has 0 atom stereocenters. The van der Waals surface area contributed by atoms with E-state index < -0.39 is 0 Å². The van der Waals surface area contributed by atoms with Gasteiger partial charge in [-0.15, -0.1) is 0 Å². The van der Waals surface area contributed by atoms with E-state index in [0.29, 0.717) is 10.9 Å². The van der Waals surface area contributed by atoms with Crippen LogP contribution in [0.15, 0.2) is 211 Å². The highest BCUT2D eigenvalue weighted by Crippen LogP contribution is 2.30. The second kappa shape index (κ2) is 40.6. The first-order valence-corrected chi connectivity index (χ1v) is 24.8. The van der Waals surface area contributed by atoms with Crippen molar-refractivity contribution in [2.45, 2.75) is 112 Å². The number of rotatable bonds is 6. The van der Waals surface area contributed by atoms with Gasteiger partial charge in [0.25, 0.3) is 0 Å². The fraction of sp³-hybridized carbons (Fsp3) is 0.294. The Bertz CT molecular complexity index is 1390. The second-order valence-electron chi connectivity index (χ2n) is 9.51. The van der Waals surface area contributed by atoms with E-state index in [-0.39, 0.29) is 21.8 Å². The van der Waals surface area contributed by atoms with Crippen molar-refractivity contribution in [1.29, 1.82) is 0 Å². The van der Waals surface area contributed by atoms with Crippen LogP contribution in [0.4, 0.5) is 0 Å². The molecular formula is C51H75S3+3. The molecule has 0 N–H and O–H groups in total. The van der Waals surface area contributed by atoms with E-state index in [9.17, 15) is 0 Å². The van der Waals surface area contributed by atoms with Gasteiger partial charge in [-0.1, -0.05) is 192 Å². The number of benzene rings is 6. The molecule has 0 radical (unpaired) electrons. The molecule has 6 aromatic carbocycles. The largest absolute Gasteiger partial charge is 0.166 e. The lowest BCUT2D eigenvalue weighted by molar-refractivity contribution is 1.32. The monoisotopic (exact) mass is 784 g/mol. The maximum absolute atomic E-state index is 2.27. The average molecular weight is 784 g/mol. The molecule has 0 aliphatic heterocycles. The fourth-order valence-electron chi connectivity index (χ4n) is 4.16. The summed E-state index contributed by atoms with van der Waals surface area (Å²) in [6, 6.07) is 64.0. The molecular weight excluding hydrogens is 709 g/mol. The van der Waals surface area contributed by atoms with E-state index in [2.05, 4.69) is 201 Å². The van der Waals surface area contributed by atoms with Gasteiger partial charge in [-0.25, -0.2) is 0 Å². The Morgan fingerprint density at radius 2 is 0.389 bits per heavy atom. The van der Waals surface area contributed by atoms with E-state index in [1.165, 1.54) is 29.4 Å². The minimum Gasteiger partial charge on any atom is -0.0683 e. The summed E-state index contributed by atoms with van der Waals surface area (Å²) >= 11 is 0. The predicted octanol–water partition coefficient (Wildman–Crippen LogP) is 16.2. The molecule has 6 rings (SSSR count). The van der Waals surface area contributed by atoms with E-state index in [1.807, 2.05) is 83.1 Å². The molecule has 0 aromatic heterocycles. The van der Waals surface area contributed by atoms with Crippen molar-refractivity contribution in [3.63, 3.8) is 0 Å². The lowest BCUT2D eigenvalue weighted by Gasteiger charge is -2.07. The summed E-state index contributed by atoms with van der Waals surface area (Å²) < 4.78 is 0. The number of hydrogen-bond acceptors (Lipinski definition) is 0. The zero-order valence-electron chi connectivity index (χ0n) is 36.5. The van der Waals surface area contributed by atoms with Gasteiger partial charge in [0.15, 0.2) is 29.4 Å². The molecule has 0 saturated carbocycles. The quantitative estimate of drug-likeness (QED) is 0.148. The predicted molar refractivity (Wildman–Crippen MR) is 256 cm³/mol. The lowest BCUT2D eigenvalue weighted by atomic mass is 10.4. The molecule has 0 amide bonds. The van der Waals surface area contributed by atoms with Crippen LogP contribution in [0.1, 0.15) is 83.1 Å². The molecule has 0 bridgehead atoms. The van der Waals surface area contributed by atoms with Crippen LogP contribution in [0.5, 0.6) is 0 Å². The molecule has 0 aliphatic rings. The molecule has 6 aromatic rings. The lowest BCUT2D eigenvalue weighted by Crippen LogP contribution is -2.04. The first kappa shape index (κ1) is 54.7.